The normalized spacial score (nSPS) is 13.4. The zero-order chi connectivity index (χ0) is 13.5. The summed E-state index contributed by atoms with van der Waals surface area (Å²) in [6.07, 6.45) is -10.0. The molecule has 17 heavy (non-hydrogen) atoms. The van der Waals surface area contributed by atoms with E-state index in [0.717, 1.165) is 0 Å². The van der Waals surface area contributed by atoms with Gasteiger partial charge in [0.15, 0.2) is 5.92 Å². The molecule has 0 aliphatic heterocycles. The quantitative estimate of drug-likeness (QED) is 0.546. The lowest BCUT2D eigenvalue weighted by Gasteiger charge is -2.23. The molecule has 0 amide bonds. The van der Waals surface area contributed by atoms with E-state index in [1.165, 1.54) is 0 Å². The number of halogens is 6. The average molecular weight is 266 g/mol. The Balaban J connectivity index is 3.95. The van der Waals surface area contributed by atoms with Crippen molar-refractivity contribution in [2.75, 3.05) is 26.2 Å². The van der Waals surface area contributed by atoms with Gasteiger partial charge in [-0.05, 0) is 26.1 Å². The fraction of sp³-hybridized carbons (Fsp3) is 1.00. The van der Waals surface area contributed by atoms with Crippen molar-refractivity contribution in [2.24, 2.45) is 5.92 Å². The van der Waals surface area contributed by atoms with Crippen molar-refractivity contribution in [3.63, 3.8) is 0 Å². The van der Waals surface area contributed by atoms with E-state index < -0.39 is 24.8 Å². The molecular formula is C9H16F6N2. The minimum atomic E-state index is -5.26. The fourth-order valence-corrected chi connectivity index (χ4v) is 1.18. The van der Waals surface area contributed by atoms with Crippen LogP contribution >= 0.6 is 0 Å². The summed E-state index contributed by atoms with van der Waals surface area (Å²) in [6, 6.07) is 0. The molecule has 0 radical (unpaired) electrons. The Labute approximate surface area is 95.8 Å². The first-order valence-corrected chi connectivity index (χ1v) is 5.24. The van der Waals surface area contributed by atoms with Crippen LogP contribution in [0, 0.1) is 5.92 Å². The molecule has 0 aromatic carbocycles. The summed E-state index contributed by atoms with van der Waals surface area (Å²) in [4.78, 5) is 0. The summed E-state index contributed by atoms with van der Waals surface area (Å²) in [7, 11) is 0. The molecule has 0 saturated carbocycles. The standard InChI is InChI=1S/C9H16F6N2/c1-2-16-4-3-5-17-6-7(8(10,11)12)9(13,14)15/h7,16-17H,2-6H2,1H3. The van der Waals surface area contributed by atoms with Crippen LogP contribution in [0.1, 0.15) is 13.3 Å². The Morgan fingerprint density at radius 2 is 1.35 bits per heavy atom. The van der Waals surface area contributed by atoms with Crippen molar-refractivity contribution in [1.29, 1.82) is 0 Å². The molecule has 2 nitrogen and oxygen atoms in total. The van der Waals surface area contributed by atoms with Gasteiger partial charge in [0, 0.05) is 6.54 Å². The van der Waals surface area contributed by atoms with Gasteiger partial charge in [-0.1, -0.05) is 6.92 Å². The van der Waals surface area contributed by atoms with Crippen LogP contribution < -0.4 is 10.6 Å². The van der Waals surface area contributed by atoms with Gasteiger partial charge >= 0.3 is 12.4 Å². The summed E-state index contributed by atoms with van der Waals surface area (Å²) in [6.45, 7) is 2.13. The van der Waals surface area contributed by atoms with Crippen molar-refractivity contribution in [3.05, 3.63) is 0 Å². The summed E-state index contributed by atoms with van der Waals surface area (Å²) >= 11 is 0. The predicted molar refractivity (Wildman–Crippen MR) is 51.6 cm³/mol. The van der Waals surface area contributed by atoms with Crippen LogP contribution in [0.2, 0.25) is 0 Å². The first kappa shape index (κ1) is 16.5. The van der Waals surface area contributed by atoms with Crippen LogP contribution in [0.3, 0.4) is 0 Å². The first-order valence-electron chi connectivity index (χ1n) is 5.24. The highest BCUT2D eigenvalue weighted by Gasteiger charge is 2.55. The molecule has 8 heteroatoms. The molecule has 2 N–H and O–H groups in total. The topological polar surface area (TPSA) is 24.1 Å². The van der Waals surface area contributed by atoms with E-state index in [-0.39, 0.29) is 6.54 Å². The Bertz CT molecular complexity index is 187. The molecule has 0 aromatic heterocycles. The van der Waals surface area contributed by atoms with E-state index in [4.69, 9.17) is 0 Å². The molecule has 0 aliphatic carbocycles. The minimum Gasteiger partial charge on any atom is -0.317 e. The van der Waals surface area contributed by atoms with E-state index in [1.807, 2.05) is 6.92 Å². The second kappa shape index (κ2) is 7.05. The monoisotopic (exact) mass is 266 g/mol. The van der Waals surface area contributed by atoms with Crippen molar-refractivity contribution in [3.8, 4) is 0 Å². The average Bonchev–Trinajstić information content (AvgIpc) is 2.12. The minimum absolute atomic E-state index is 0.121. The molecular weight excluding hydrogens is 250 g/mol. The molecule has 104 valence electrons. The second-order valence-electron chi connectivity index (χ2n) is 3.55. The highest BCUT2D eigenvalue weighted by atomic mass is 19.4. The van der Waals surface area contributed by atoms with Gasteiger partial charge in [0.1, 0.15) is 0 Å². The second-order valence-corrected chi connectivity index (χ2v) is 3.55. The highest BCUT2D eigenvalue weighted by molar-refractivity contribution is 4.77. The van der Waals surface area contributed by atoms with Crippen molar-refractivity contribution in [2.45, 2.75) is 25.7 Å². The van der Waals surface area contributed by atoms with Gasteiger partial charge in [0.05, 0.1) is 0 Å². The van der Waals surface area contributed by atoms with Crippen LogP contribution in [0.5, 0.6) is 0 Å². The molecule has 0 unspecified atom stereocenters. The third kappa shape index (κ3) is 7.43. The third-order valence-corrected chi connectivity index (χ3v) is 2.10. The van der Waals surface area contributed by atoms with Gasteiger partial charge in [-0.15, -0.1) is 0 Å². The molecule has 0 heterocycles. The Morgan fingerprint density at radius 1 is 0.882 bits per heavy atom. The summed E-state index contributed by atoms with van der Waals surface area (Å²) in [5.41, 5.74) is 0. The number of hydrogen-bond donors (Lipinski definition) is 2. The summed E-state index contributed by atoms with van der Waals surface area (Å²) < 4.78 is 72.4. The summed E-state index contributed by atoms with van der Waals surface area (Å²) in [5, 5.41) is 5.09. The highest BCUT2D eigenvalue weighted by Crippen LogP contribution is 2.38. The van der Waals surface area contributed by atoms with Crippen LogP contribution in [0.25, 0.3) is 0 Å². The number of hydrogen-bond acceptors (Lipinski definition) is 2. The van der Waals surface area contributed by atoms with E-state index in [1.54, 1.807) is 0 Å². The fourth-order valence-electron chi connectivity index (χ4n) is 1.18. The van der Waals surface area contributed by atoms with Gasteiger partial charge in [-0.25, -0.2) is 0 Å². The molecule has 0 bridgehead atoms. The Kier molecular flexibility index (Phi) is 6.84. The van der Waals surface area contributed by atoms with Gasteiger partial charge in [-0.2, -0.15) is 26.3 Å². The lowest BCUT2D eigenvalue weighted by Crippen LogP contribution is -2.43. The largest absolute Gasteiger partial charge is 0.401 e. The predicted octanol–water partition coefficient (Wildman–Crippen LogP) is 2.32. The molecule has 0 atom stereocenters. The van der Waals surface area contributed by atoms with Crippen LogP contribution in [-0.4, -0.2) is 38.5 Å². The number of alkyl halides is 6. The van der Waals surface area contributed by atoms with Crippen LogP contribution in [-0.2, 0) is 0 Å². The maximum atomic E-state index is 12.1. The molecule has 0 aliphatic rings. The van der Waals surface area contributed by atoms with Gasteiger partial charge < -0.3 is 10.6 Å². The molecule has 0 rings (SSSR count). The first-order chi connectivity index (χ1) is 7.69. The SMILES string of the molecule is CCNCCCNCC(C(F)(F)F)C(F)(F)F. The zero-order valence-corrected chi connectivity index (χ0v) is 9.38. The Hall–Kier alpha value is -0.500. The number of nitrogens with one attached hydrogen (secondary N) is 2. The Morgan fingerprint density at radius 3 is 1.76 bits per heavy atom. The smallest absolute Gasteiger partial charge is 0.317 e. The van der Waals surface area contributed by atoms with Gasteiger partial charge in [-0.3, -0.25) is 0 Å². The lowest BCUT2D eigenvalue weighted by molar-refractivity contribution is -0.281. The molecule has 0 saturated heterocycles. The van der Waals surface area contributed by atoms with Crippen LogP contribution in [0.15, 0.2) is 0 Å². The maximum absolute atomic E-state index is 12.1. The van der Waals surface area contributed by atoms with Gasteiger partial charge in [0.2, 0.25) is 0 Å². The van der Waals surface area contributed by atoms with E-state index in [9.17, 15) is 26.3 Å². The van der Waals surface area contributed by atoms with Crippen molar-refractivity contribution >= 4 is 0 Å². The maximum Gasteiger partial charge on any atom is 0.401 e. The van der Waals surface area contributed by atoms with Crippen LogP contribution in [0.4, 0.5) is 26.3 Å². The molecule has 0 spiro atoms. The van der Waals surface area contributed by atoms with E-state index >= 15 is 0 Å². The van der Waals surface area contributed by atoms with E-state index in [0.29, 0.717) is 19.5 Å². The van der Waals surface area contributed by atoms with Gasteiger partial charge in [0.25, 0.3) is 0 Å². The van der Waals surface area contributed by atoms with E-state index in [2.05, 4.69) is 10.6 Å². The third-order valence-electron chi connectivity index (χ3n) is 2.10. The zero-order valence-electron chi connectivity index (χ0n) is 9.38. The lowest BCUT2D eigenvalue weighted by atomic mass is 10.1. The molecule has 0 aromatic rings. The number of rotatable bonds is 7. The van der Waals surface area contributed by atoms with Crippen molar-refractivity contribution < 1.29 is 26.3 Å². The van der Waals surface area contributed by atoms with Crippen molar-refractivity contribution in [1.82, 2.24) is 10.6 Å². The summed E-state index contributed by atoms with van der Waals surface area (Å²) in [5.74, 6) is -3.30. The molecule has 0 fully saturated rings.